The molecule has 3 nitrogen and oxygen atoms in total. The van der Waals surface area contributed by atoms with Gasteiger partial charge in [-0.3, -0.25) is 0 Å². The first-order valence-corrected chi connectivity index (χ1v) is 6.59. The Balaban J connectivity index is 1.85. The number of hydrogen-bond acceptors (Lipinski definition) is 3. The maximum atomic E-state index is 4.20. The van der Waals surface area contributed by atoms with E-state index in [4.69, 9.17) is 0 Å². The molecule has 4 heteroatoms. The highest BCUT2D eigenvalue weighted by atomic mass is 127. The normalized spacial score (nSPS) is 10.2. The van der Waals surface area contributed by atoms with Crippen LogP contribution in [0.1, 0.15) is 11.1 Å². The molecule has 0 aliphatic heterocycles. The number of anilines is 1. The molecule has 0 saturated carbocycles. The third-order valence-electron chi connectivity index (χ3n) is 2.40. The van der Waals surface area contributed by atoms with Crippen LogP contribution in [0.15, 0.2) is 36.7 Å². The fourth-order valence-corrected chi connectivity index (χ4v) is 1.87. The molecule has 0 radical (unpaired) electrons. The smallest absolute Gasteiger partial charge is 0.222 e. The van der Waals surface area contributed by atoms with Gasteiger partial charge >= 0.3 is 0 Å². The van der Waals surface area contributed by atoms with Gasteiger partial charge in [0.2, 0.25) is 5.95 Å². The van der Waals surface area contributed by atoms with Crippen LogP contribution in [-0.4, -0.2) is 16.5 Å². The molecule has 0 aliphatic rings. The number of benzene rings is 1. The van der Waals surface area contributed by atoms with Crippen LogP contribution in [0.4, 0.5) is 5.95 Å². The maximum Gasteiger partial charge on any atom is 0.222 e. The predicted molar refractivity (Wildman–Crippen MR) is 78.1 cm³/mol. The second-order valence-electron chi connectivity index (χ2n) is 3.89. The van der Waals surface area contributed by atoms with E-state index in [0.29, 0.717) is 5.95 Å². The Labute approximate surface area is 115 Å². The van der Waals surface area contributed by atoms with E-state index >= 15 is 0 Å². The number of halogens is 1. The lowest BCUT2D eigenvalue weighted by Gasteiger charge is -2.05. The third-order valence-corrected chi connectivity index (χ3v) is 2.96. The van der Waals surface area contributed by atoms with E-state index in [0.717, 1.165) is 16.5 Å². The number of aryl methyl sites for hydroxylation is 1. The number of hydrogen-bond donors (Lipinski definition) is 1. The fourth-order valence-electron chi connectivity index (χ4n) is 1.59. The molecule has 0 spiro atoms. The Kier molecular flexibility index (Phi) is 4.30. The lowest BCUT2D eigenvalue weighted by Crippen LogP contribution is -2.07. The van der Waals surface area contributed by atoms with E-state index in [9.17, 15) is 0 Å². The lowest BCUT2D eigenvalue weighted by atomic mass is 10.1. The van der Waals surface area contributed by atoms with Crippen LogP contribution in [0.2, 0.25) is 0 Å². The largest absolute Gasteiger partial charge is 0.354 e. The molecular formula is C13H14IN3. The first kappa shape index (κ1) is 12.3. The summed E-state index contributed by atoms with van der Waals surface area (Å²) in [6.45, 7) is 2.96. The van der Waals surface area contributed by atoms with E-state index in [2.05, 4.69) is 69.1 Å². The van der Waals surface area contributed by atoms with Gasteiger partial charge in [-0.05, 0) is 41.5 Å². The summed E-state index contributed by atoms with van der Waals surface area (Å²) < 4.78 is 1.05. The molecule has 0 unspecified atom stereocenters. The van der Waals surface area contributed by atoms with Crippen LogP contribution >= 0.6 is 22.6 Å². The molecule has 0 fully saturated rings. The lowest BCUT2D eigenvalue weighted by molar-refractivity contribution is 0.980. The molecular weight excluding hydrogens is 325 g/mol. The number of rotatable bonds is 4. The van der Waals surface area contributed by atoms with Gasteiger partial charge in [-0.2, -0.15) is 0 Å². The zero-order valence-corrected chi connectivity index (χ0v) is 11.8. The van der Waals surface area contributed by atoms with Gasteiger partial charge in [0, 0.05) is 22.5 Å². The zero-order valence-electron chi connectivity index (χ0n) is 9.65. The minimum Gasteiger partial charge on any atom is -0.354 e. The summed E-state index contributed by atoms with van der Waals surface area (Å²) in [6.07, 6.45) is 4.60. The first-order chi connectivity index (χ1) is 8.24. The van der Waals surface area contributed by atoms with Gasteiger partial charge in [0.1, 0.15) is 0 Å². The Hall–Kier alpha value is -1.17. The highest BCUT2D eigenvalue weighted by Gasteiger charge is 1.96. The van der Waals surface area contributed by atoms with E-state index in [1.165, 1.54) is 11.1 Å². The van der Waals surface area contributed by atoms with Gasteiger partial charge < -0.3 is 5.32 Å². The molecule has 0 aliphatic carbocycles. The number of aromatic nitrogens is 2. The Bertz CT molecular complexity index is 482. The molecule has 1 aromatic carbocycles. The van der Waals surface area contributed by atoms with Gasteiger partial charge in [-0.25, -0.2) is 9.97 Å². The van der Waals surface area contributed by atoms with Crippen molar-refractivity contribution in [2.24, 2.45) is 0 Å². The van der Waals surface area contributed by atoms with E-state index < -0.39 is 0 Å². The molecule has 0 bridgehead atoms. The van der Waals surface area contributed by atoms with Crippen molar-refractivity contribution in [2.45, 2.75) is 13.3 Å². The maximum absolute atomic E-state index is 4.20. The zero-order chi connectivity index (χ0) is 12.1. The van der Waals surface area contributed by atoms with Gasteiger partial charge in [0.05, 0.1) is 0 Å². The minimum absolute atomic E-state index is 0.693. The Morgan fingerprint density at radius 1 is 1.24 bits per heavy atom. The van der Waals surface area contributed by atoms with Crippen molar-refractivity contribution in [3.05, 3.63) is 51.4 Å². The molecule has 1 heterocycles. The quantitative estimate of drug-likeness (QED) is 0.870. The fraction of sp³-hybridized carbons (Fsp3) is 0.231. The summed E-state index contributed by atoms with van der Waals surface area (Å²) in [7, 11) is 0. The number of nitrogens with one attached hydrogen (secondary N) is 1. The Morgan fingerprint density at radius 2 is 2.00 bits per heavy atom. The predicted octanol–water partition coefficient (Wildman–Crippen LogP) is 3.04. The van der Waals surface area contributed by atoms with Gasteiger partial charge in [-0.15, -0.1) is 0 Å². The summed E-state index contributed by atoms with van der Waals surface area (Å²) in [6, 6.07) is 8.55. The van der Waals surface area contributed by atoms with Crippen molar-refractivity contribution in [2.75, 3.05) is 11.9 Å². The van der Waals surface area contributed by atoms with Crippen molar-refractivity contribution >= 4 is 28.5 Å². The molecule has 2 rings (SSSR count). The van der Waals surface area contributed by atoms with Crippen LogP contribution in [0.3, 0.4) is 0 Å². The van der Waals surface area contributed by atoms with Gasteiger partial charge in [0.25, 0.3) is 0 Å². The second-order valence-corrected chi connectivity index (χ2v) is 5.14. The van der Waals surface area contributed by atoms with Crippen LogP contribution < -0.4 is 5.32 Å². The van der Waals surface area contributed by atoms with Gasteiger partial charge in [0.15, 0.2) is 0 Å². The summed E-state index contributed by atoms with van der Waals surface area (Å²) in [4.78, 5) is 8.39. The molecule has 88 valence electrons. The molecule has 1 aromatic heterocycles. The van der Waals surface area contributed by atoms with Crippen molar-refractivity contribution in [1.82, 2.24) is 9.97 Å². The monoisotopic (exact) mass is 339 g/mol. The highest BCUT2D eigenvalue weighted by Crippen LogP contribution is 2.06. The highest BCUT2D eigenvalue weighted by molar-refractivity contribution is 14.1. The van der Waals surface area contributed by atoms with Crippen LogP contribution in [0, 0.1) is 10.5 Å². The molecule has 0 saturated heterocycles. The van der Waals surface area contributed by atoms with E-state index in [-0.39, 0.29) is 0 Å². The molecule has 17 heavy (non-hydrogen) atoms. The number of nitrogens with zero attached hydrogens (tertiary/aromatic N) is 2. The minimum atomic E-state index is 0.693. The van der Waals surface area contributed by atoms with E-state index in [1.807, 2.05) is 12.4 Å². The standard InChI is InChI=1S/C13H14IN3/c1-10-3-2-4-11(7-10)5-6-15-13-16-8-12(14)9-17-13/h2-4,7-9H,5-6H2,1H3,(H,15,16,17). The average molecular weight is 339 g/mol. The summed E-state index contributed by atoms with van der Waals surface area (Å²) >= 11 is 2.19. The molecule has 0 amide bonds. The van der Waals surface area contributed by atoms with E-state index in [1.54, 1.807) is 0 Å². The summed E-state index contributed by atoms with van der Waals surface area (Å²) in [5.41, 5.74) is 2.64. The summed E-state index contributed by atoms with van der Waals surface area (Å²) in [5, 5.41) is 3.21. The average Bonchev–Trinajstić information content (AvgIpc) is 2.32. The van der Waals surface area contributed by atoms with Crippen molar-refractivity contribution in [3.8, 4) is 0 Å². The third kappa shape index (κ3) is 3.96. The van der Waals surface area contributed by atoms with Crippen LogP contribution in [0.25, 0.3) is 0 Å². The summed E-state index contributed by atoms with van der Waals surface area (Å²) in [5.74, 6) is 0.693. The van der Waals surface area contributed by atoms with Crippen LogP contribution in [0.5, 0.6) is 0 Å². The SMILES string of the molecule is Cc1cccc(CCNc2ncc(I)cn2)c1. The Morgan fingerprint density at radius 3 is 2.71 bits per heavy atom. The van der Waals surface area contributed by atoms with Crippen molar-refractivity contribution < 1.29 is 0 Å². The molecule has 1 N–H and O–H groups in total. The second kappa shape index (κ2) is 5.95. The topological polar surface area (TPSA) is 37.8 Å². The van der Waals surface area contributed by atoms with Crippen molar-refractivity contribution in [3.63, 3.8) is 0 Å². The first-order valence-electron chi connectivity index (χ1n) is 5.51. The molecule has 2 aromatic rings. The molecule has 0 atom stereocenters. The van der Waals surface area contributed by atoms with Gasteiger partial charge in [-0.1, -0.05) is 29.8 Å². The van der Waals surface area contributed by atoms with Crippen LogP contribution in [-0.2, 0) is 6.42 Å². The van der Waals surface area contributed by atoms with Crippen molar-refractivity contribution in [1.29, 1.82) is 0 Å².